The van der Waals surface area contributed by atoms with Crippen molar-refractivity contribution in [1.29, 1.82) is 0 Å². The Bertz CT molecular complexity index is 56.0. The van der Waals surface area contributed by atoms with Crippen LogP contribution in [0.4, 0.5) is 0 Å². The van der Waals surface area contributed by atoms with E-state index in [-0.39, 0.29) is 0 Å². The minimum absolute atomic E-state index is 0.539. The fourth-order valence-corrected chi connectivity index (χ4v) is 3.18. The van der Waals surface area contributed by atoms with Gasteiger partial charge in [-0.3, -0.25) is 0 Å². The first-order valence-corrected chi connectivity index (χ1v) is 10.3. The molecule has 0 amide bonds. The summed E-state index contributed by atoms with van der Waals surface area (Å²) in [4.78, 5) is 0. The summed E-state index contributed by atoms with van der Waals surface area (Å²) < 4.78 is -0.539. The molecule has 0 aliphatic carbocycles. The second kappa shape index (κ2) is 4.10. The van der Waals surface area contributed by atoms with Crippen molar-refractivity contribution in [2.75, 3.05) is 0 Å². The molecule has 0 nitrogen and oxygen atoms in total. The van der Waals surface area contributed by atoms with Gasteiger partial charge in [-0.2, -0.15) is 0 Å². The van der Waals surface area contributed by atoms with Crippen molar-refractivity contribution in [3.8, 4) is 0 Å². The first-order valence-electron chi connectivity index (χ1n) is 3.56. The van der Waals surface area contributed by atoms with Gasteiger partial charge in [-0.15, -0.1) is 0 Å². The number of hydrogen-bond donors (Lipinski definition) is 0. The zero-order chi connectivity index (χ0) is 6.62. The van der Waals surface area contributed by atoms with Gasteiger partial charge >= 0.3 is 70.6 Å². The van der Waals surface area contributed by atoms with E-state index in [4.69, 9.17) is 0 Å². The monoisotopic (exact) mass is 138 g/mol. The molecule has 0 aliphatic heterocycles. The summed E-state index contributed by atoms with van der Waals surface area (Å²) in [5, 5.41) is 0. The Morgan fingerprint density at radius 3 is 2.00 bits per heavy atom. The van der Waals surface area contributed by atoms with E-state index in [9.17, 15) is 0 Å². The van der Waals surface area contributed by atoms with Gasteiger partial charge in [0.2, 0.25) is 0 Å². The normalized spacial score (nSPS) is 12.1. The molecule has 0 aromatic carbocycles. The van der Waals surface area contributed by atoms with Gasteiger partial charge in [0.25, 0.3) is 0 Å². The van der Waals surface area contributed by atoms with Gasteiger partial charge in [0.1, 0.15) is 0 Å². The van der Waals surface area contributed by atoms with Gasteiger partial charge in [-0.1, -0.05) is 0 Å². The van der Waals surface area contributed by atoms with E-state index < -0.39 is 4.63 Å². The van der Waals surface area contributed by atoms with E-state index in [2.05, 4.69) is 20.0 Å². The third-order valence-electron chi connectivity index (χ3n) is 1.28. The zero-order valence-corrected chi connectivity index (χ0v) is 9.62. The van der Waals surface area contributed by atoms with E-state index in [0.29, 0.717) is 0 Å². The van der Waals surface area contributed by atoms with E-state index in [0.717, 1.165) is 0 Å². The molecule has 44 valence electrons. The molecule has 0 radical (unpaired) electrons. The second-order valence-corrected chi connectivity index (χ2v) is 17.4. The average molecular weight is 138 g/mol. The third kappa shape index (κ3) is 7.22. The van der Waals surface area contributed by atoms with Crippen molar-refractivity contribution in [3.05, 3.63) is 0 Å². The SMILES string of the molecule is CCCC[Si](C)(C)[Na]. The summed E-state index contributed by atoms with van der Waals surface area (Å²) in [7, 11) is 0. The molecule has 2 heteroatoms. The van der Waals surface area contributed by atoms with E-state index in [1.807, 2.05) is 0 Å². The molecule has 0 fully saturated rings. The summed E-state index contributed by atoms with van der Waals surface area (Å²) in [5.74, 6) is 0. The summed E-state index contributed by atoms with van der Waals surface area (Å²) >= 11 is 1.48. The topological polar surface area (TPSA) is 0 Å². The molecule has 0 saturated heterocycles. The van der Waals surface area contributed by atoms with Crippen LogP contribution in [0.25, 0.3) is 0 Å². The summed E-state index contributed by atoms with van der Waals surface area (Å²) in [6.45, 7) is 7.27. The van der Waals surface area contributed by atoms with Crippen molar-refractivity contribution in [1.82, 2.24) is 0 Å². The van der Waals surface area contributed by atoms with Crippen molar-refractivity contribution >= 4 is 31.7 Å². The van der Waals surface area contributed by atoms with Crippen LogP contribution >= 0.6 is 0 Å². The molecule has 0 N–H and O–H groups in total. The Kier molecular flexibility index (Phi) is 4.72. The van der Waals surface area contributed by atoms with Crippen LogP contribution in [0.1, 0.15) is 19.8 Å². The zero-order valence-electron chi connectivity index (χ0n) is 6.62. The Balaban J connectivity index is 3.11. The van der Waals surface area contributed by atoms with E-state index in [1.165, 1.54) is 39.9 Å². The summed E-state index contributed by atoms with van der Waals surface area (Å²) in [6.07, 6.45) is 2.86. The standard InChI is InChI=1S/C6H15Si.Na/c1-4-5-6-7(2)3;/h4-6H2,1-3H3;. The summed E-state index contributed by atoms with van der Waals surface area (Å²) in [6, 6.07) is 1.57. The van der Waals surface area contributed by atoms with E-state index in [1.54, 1.807) is 6.04 Å². The first-order chi connectivity index (χ1) is 3.56. The number of unbranched alkanes of at least 4 members (excludes halogenated alkanes) is 1. The van der Waals surface area contributed by atoms with Crippen LogP contribution in [0, 0.1) is 0 Å². The van der Waals surface area contributed by atoms with Gasteiger partial charge in [0.05, 0.1) is 0 Å². The molecule has 0 saturated carbocycles. The Morgan fingerprint density at radius 2 is 1.88 bits per heavy atom. The molecule has 0 unspecified atom stereocenters. The van der Waals surface area contributed by atoms with Crippen LogP contribution < -0.4 is 0 Å². The molecular formula is C6H15NaSi. The van der Waals surface area contributed by atoms with E-state index >= 15 is 0 Å². The fourth-order valence-electron chi connectivity index (χ4n) is 0.707. The third-order valence-corrected chi connectivity index (χ3v) is 4.63. The molecule has 0 aromatic rings. The Morgan fingerprint density at radius 1 is 1.38 bits per heavy atom. The maximum absolute atomic E-state index is 2.49. The molecule has 8 heavy (non-hydrogen) atoms. The van der Waals surface area contributed by atoms with Gasteiger partial charge in [0.15, 0.2) is 0 Å². The van der Waals surface area contributed by atoms with Gasteiger partial charge in [-0.25, -0.2) is 0 Å². The average Bonchev–Trinajstić information content (AvgIpc) is 1.59. The molecular weight excluding hydrogens is 123 g/mol. The maximum atomic E-state index is 2.49. The first kappa shape index (κ1) is 9.22. The summed E-state index contributed by atoms with van der Waals surface area (Å²) in [5.41, 5.74) is 0. The van der Waals surface area contributed by atoms with Crippen LogP contribution in [0.5, 0.6) is 0 Å². The van der Waals surface area contributed by atoms with Crippen molar-refractivity contribution in [3.63, 3.8) is 0 Å². The molecule has 0 spiro atoms. The van der Waals surface area contributed by atoms with Crippen molar-refractivity contribution in [2.45, 2.75) is 38.9 Å². The number of hydrogen-bond acceptors (Lipinski definition) is 0. The van der Waals surface area contributed by atoms with Crippen molar-refractivity contribution in [2.24, 2.45) is 0 Å². The molecule has 0 rings (SSSR count). The molecule has 0 aromatic heterocycles. The van der Waals surface area contributed by atoms with Crippen LogP contribution in [-0.4, -0.2) is 31.7 Å². The van der Waals surface area contributed by atoms with Crippen LogP contribution in [-0.2, 0) is 0 Å². The predicted molar refractivity (Wildman–Crippen MR) is 43.0 cm³/mol. The molecule has 0 heterocycles. The second-order valence-electron chi connectivity index (χ2n) is 3.66. The van der Waals surface area contributed by atoms with Crippen LogP contribution in [0.3, 0.4) is 0 Å². The van der Waals surface area contributed by atoms with Gasteiger partial charge < -0.3 is 0 Å². The Labute approximate surface area is 70.3 Å². The molecule has 0 bridgehead atoms. The van der Waals surface area contributed by atoms with Crippen molar-refractivity contribution < 1.29 is 0 Å². The Hall–Kier alpha value is 1.22. The van der Waals surface area contributed by atoms with Gasteiger partial charge in [-0.05, 0) is 0 Å². The minimum atomic E-state index is -0.539. The van der Waals surface area contributed by atoms with Crippen LogP contribution in [0.2, 0.25) is 19.1 Å². The number of rotatable bonds is 3. The quantitative estimate of drug-likeness (QED) is 0.524. The van der Waals surface area contributed by atoms with Crippen LogP contribution in [0.15, 0.2) is 0 Å². The predicted octanol–water partition coefficient (Wildman–Crippen LogP) is 2.16. The molecule has 0 atom stereocenters. The van der Waals surface area contributed by atoms with Gasteiger partial charge in [0, 0.05) is 0 Å². The fraction of sp³-hybridized carbons (Fsp3) is 1.00. The molecule has 0 aliphatic rings.